The number of rotatable bonds is 32. The van der Waals surface area contributed by atoms with Crippen LogP contribution >= 0.6 is 0 Å². The summed E-state index contributed by atoms with van der Waals surface area (Å²) >= 11 is 0. The molecule has 1 aromatic rings. The lowest BCUT2D eigenvalue weighted by Gasteiger charge is -2.43. The minimum Gasteiger partial charge on any atom is -0.460 e. The lowest BCUT2D eigenvalue weighted by molar-refractivity contribution is -0.266. The number of benzene rings is 1. The third-order valence-electron chi connectivity index (χ3n) is 17.5. The zero-order valence-corrected chi connectivity index (χ0v) is 51.3. The number of ether oxygens (including phenoxy) is 7. The summed E-state index contributed by atoms with van der Waals surface area (Å²) in [6, 6.07) is 8.01. The second-order valence-electron chi connectivity index (χ2n) is 24.4. The molecular weight excluding hydrogens is 1050 g/mol. The number of piperidine rings is 1. The molecule has 1 saturated carbocycles. The van der Waals surface area contributed by atoms with Crippen LogP contribution in [0.25, 0.3) is 0 Å². The van der Waals surface area contributed by atoms with Crippen LogP contribution in [0.15, 0.2) is 65.8 Å². The Labute approximate surface area is 489 Å². The first-order chi connectivity index (χ1) is 39.1. The van der Waals surface area contributed by atoms with Crippen LogP contribution < -0.4 is 0 Å². The maximum absolute atomic E-state index is 14.7. The van der Waals surface area contributed by atoms with E-state index in [0.29, 0.717) is 62.7 Å². The molecule has 462 valence electrons. The van der Waals surface area contributed by atoms with E-state index < -0.39 is 77.9 Å². The van der Waals surface area contributed by atoms with Gasteiger partial charge in [0.15, 0.2) is 5.78 Å². The normalized spacial score (nSPS) is 27.3. The van der Waals surface area contributed by atoms with Crippen molar-refractivity contribution in [1.82, 2.24) is 9.80 Å². The lowest BCUT2D eigenvalue weighted by atomic mass is 9.78. The number of morpholine rings is 1. The molecule has 2 unspecified atom stereocenters. The number of carbonyl (C=O) groups excluding carboxylic acids is 5. The molecule has 0 radical (unpaired) electrons. The van der Waals surface area contributed by atoms with Gasteiger partial charge in [-0.3, -0.25) is 24.1 Å². The molecule has 3 N–H and O–H groups in total. The van der Waals surface area contributed by atoms with Gasteiger partial charge in [0, 0.05) is 77.6 Å². The van der Waals surface area contributed by atoms with Crippen LogP contribution in [0.1, 0.15) is 157 Å². The van der Waals surface area contributed by atoms with Gasteiger partial charge in [-0.15, -0.1) is 0 Å². The van der Waals surface area contributed by atoms with Gasteiger partial charge in [0.2, 0.25) is 5.79 Å². The van der Waals surface area contributed by atoms with Crippen LogP contribution in [-0.4, -0.2) is 176 Å². The molecule has 3 aliphatic heterocycles. The fourth-order valence-corrected chi connectivity index (χ4v) is 12.3. The average molecular weight is 1150 g/mol. The number of Topliss-reactive ketones (excluding diaryl/α,β-unsaturated/α-hetero) is 3. The maximum atomic E-state index is 14.7. The molecule has 17 nitrogen and oxygen atoms in total. The number of allylic oxidation sites excluding steroid dienone is 4. The van der Waals surface area contributed by atoms with E-state index in [1.807, 2.05) is 90.1 Å². The molecule has 1 aromatic carbocycles. The molecule has 1 aliphatic carbocycles. The number of likely N-dealkylation sites (tertiary alicyclic amines) is 1. The predicted octanol–water partition coefficient (Wildman–Crippen LogP) is 8.50. The van der Waals surface area contributed by atoms with Crippen molar-refractivity contribution in [3.05, 3.63) is 71.3 Å². The first-order valence-corrected chi connectivity index (χ1v) is 30.6. The quantitative estimate of drug-likeness (QED) is 0.0203. The monoisotopic (exact) mass is 1150 g/mol. The Hall–Kier alpha value is -4.01. The van der Waals surface area contributed by atoms with E-state index in [1.54, 1.807) is 34.0 Å². The lowest BCUT2D eigenvalue weighted by Crippen LogP contribution is -2.61. The van der Waals surface area contributed by atoms with E-state index in [0.717, 1.165) is 57.7 Å². The second-order valence-corrected chi connectivity index (χ2v) is 24.4. The molecule has 0 aromatic heterocycles. The molecule has 82 heavy (non-hydrogen) atoms. The summed E-state index contributed by atoms with van der Waals surface area (Å²) in [5, 5.41) is 34.6. The summed E-state index contributed by atoms with van der Waals surface area (Å²) in [7, 11) is 3.09. The zero-order chi connectivity index (χ0) is 60.1. The van der Waals surface area contributed by atoms with Crippen LogP contribution in [-0.2, 0) is 57.1 Å². The van der Waals surface area contributed by atoms with Crippen LogP contribution in [0.3, 0.4) is 0 Å². The fraction of sp³-hybridized carbons (Fsp3) is 0.738. The molecular formula is C65H102N2O15. The van der Waals surface area contributed by atoms with Gasteiger partial charge in [0.25, 0.3) is 11.7 Å². The smallest absolute Gasteiger partial charge is 0.329 e. The topological polar surface area (TPSA) is 217 Å². The summed E-state index contributed by atoms with van der Waals surface area (Å²) in [4.78, 5) is 75.3. The number of carbonyl (C=O) groups is 5. The van der Waals surface area contributed by atoms with Gasteiger partial charge in [-0.05, 0) is 126 Å². The molecule has 3 heterocycles. The number of aliphatic hydroxyl groups is 3. The SMILES string of the molecule is C/C=C/C=C(\C)C(C[C@@H]1CC[C@@H](C)[C@](O)(C(=O)C(=O)N2CCCCC2C(=O)O[C@@H](CC(=O)[C@H](C)/C=C(\C)[C@@H](O)[C@@H](OC)C(=O)[C@H](C)CC(C)C)[C@H](C)C[C@@H]2CC[C@@H](OCCCN3CCOCC3)[C@H](OC)C2)O1)OC[C@@H](O)c1ccccc1. The van der Waals surface area contributed by atoms with Crippen molar-refractivity contribution in [3.8, 4) is 0 Å². The number of hydrogen-bond donors (Lipinski definition) is 3. The first-order valence-electron chi connectivity index (χ1n) is 30.6. The highest BCUT2D eigenvalue weighted by molar-refractivity contribution is 6.39. The van der Waals surface area contributed by atoms with E-state index in [2.05, 4.69) is 4.90 Å². The first kappa shape index (κ1) is 68.8. The Morgan fingerprint density at radius 2 is 1.60 bits per heavy atom. The summed E-state index contributed by atoms with van der Waals surface area (Å²) in [5.74, 6) is -7.72. The number of esters is 1. The van der Waals surface area contributed by atoms with E-state index in [-0.39, 0.29) is 79.9 Å². The van der Waals surface area contributed by atoms with Crippen molar-refractivity contribution >= 4 is 29.2 Å². The van der Waals surface area contributed by atoms with Crippen LogP contribution in [0.4, 0.5) is 0 Å². The molecule has 4 aliphatic rings. The van der Waals surface area contributed by atoms with E-state index in [1.165, 1.54) is 12.0 Å². The second kappa shape index (κ2) is 34.2. The molecule has 15 atom stereocenters. The van der Waals surface area contributed by atoms with Gasteiger partial charge in [-0.25, -0.2) is 4.79 Å². The van der Waals surface area contributed by atoms with Crippen molar-refractivity contribution in [2.75, 3.05) is 66.8 Å². The van der Waals surface area contributed by atoms with E-state index >= 15 is 0 Å². The van der Waals surface area contributed by atoms with Gasteiger partial charge in [0.1, 0.15) is 36.2 Å². The number of aliphatic hydroxyl groups excluding tert-OH is 2. The molecule has 1 amide bonds. The minimum absolute atomic E-state index is 0.0153. The Bertz CT molecular complexity index is 2250. The third-order valence-corrected chi connectivity index (χ3v) is 17.5. The Kier molecular flexibility index (Phi) is 28.7. The Balaban J connectivity index is 1.32. The summed E-state index contributed by atoms with van der Waals surface area (Å²) < 4.78 is 42.5. The summed E-state index contributed by atoms with van der Waals surface area (Å²) in [6.07, 6.45) is 8.22. The van der Waals surface area contributed by atoms with Crippen molar-refractivity contribution < 1.29 is 72.5 Å². The highest BCUT2D eigenvalue weighted by Gasteiger charge is 2.53. The van der Waals surface area contributed by atoms with Crippen molar-refractivity contribution in [2.24, 2.45) is 35.5 Å². The fourth-order valence-electron chi connectivity index (χ4n) is 12.3. The molecule has 17 heteroatoms. The maximum Gasteiger partial charge on any atom is 0.329 e. The van der Waals surface area contributed by atoms with Gasteiger partial charge < -0.3 is 53.4 Å². The van der Waals surface area contributed by atoms with Crippen LogP contribution in [0, 0.1) is 35.5 Å². The Morgan fingerprint density at radius 3 is 2.27 bits per heavy atom. The third kappa shape index (κ3) is 20.1. The van der Waals surface area contributed by atoms with Crippen molar-refractivity contribution in [1.29, 1.82) is 0 Å². The van der Waals surface area contributed by atoms with Crippen molar-refractivity contribution in [3.63, 3.8) is 0 Å². The van der Waals surface area contributed by atoms with Crippen LogP contribution in [0.2, 0.25) is 0 Å². The number of ketones is 3. The molecule has 5 rings (SSSR count). The van der Waals surface area contributed by atoms with Crippen LogP contribution in [0.5, 0.6) is 0 Å². The van der Waals surface area contributed by atoms with Gasteiger partial charge in [-0.1, -0.05) is 96.2 Å². The van der Waals surface area contributed by atoms with Crippen molar-refractivity contribution in [2.45, 2.75) is 206 Å². The van der Waals surface area contributed by atoms with E-state index in [4.69, 9.17) is 33.2 Å². The average Bonchev–Trinajstić information content (AvgIpc) is 3.40. The summed E-state index contributed by atoms with van der Waals surface area (Å²) in [5.41, 5.74) is 1.94. The van der Waals surface area contributed by atoms with Gasteiger partial charge in [0.05, 0.1) is 44.2 Å². The highest BCUT2D eigenvalue weighted by atomic mass is 16.6. The number of amides is 1. The Morgan fingerprint density at radius 1 is 0.878 bits per heavy atom. The number of hydrogen-bond acceptors (Lipinski definition) is 16. The molecule has 0 spiro atoms. The largest absolute Gasteiger partial charge is 0.460 e. The highest BCUT2D eigenvalue weighted by Crippen LogP contribution is 2.38. The summed E-state index contributed by atoms with van der Waals surface area (Å²) in [6.45, 7) is 21.6. The predicted molar refractivity (Wildman–Crippen MR) is 313 cm³/mol. The van der Waals surface area contributed by atoms with Gasteiger partial charge in [-0.2, -0.15) is 0 Å². The molecule has 4 fully saturated rings. The molecule has 0 bridgehead atoms. The van der Waals surface area contributed by atoms with Gasteiger partial charge >= 0.3 is 5.97 Å². The number of methoxy groups -OCH3 is 2. The number of nitrogens with zero attached hydrogens (tertiary/aromatic N) is 2. The van der Waals surface area contributed by atoms with E-state index in [9.17, 15) is 39.3 Å². The minimum atomic E-state index is -2.50. The molecule has 3 saturated heterocycles. The standard InChI is InChI=1S/C65H102N2O15/c1-12-13-20-43(4)56(80-41-54(69)50-21-15-14-16-22-50)39-51-26-24-48(9)65(75,82-51)62(72)63(73)67-29-18-17-23-52(67)64(74)81-57(40-53(68)44(5)36-47(8)60(71)61(77-11)59(70)46(7)35-42(2)3)45(6)37-49-25-27-55(58(38-49)76-10)79-32-19-28-66-30-33-78-34-31-66/h12-16,20-22,36,42,44-46,48-49,51-52,54-58,60-61,69,71,75H,17-19,23-35,37-41H2,1-11H3/b13-12+,43-20+,47-36+/t44-,45-,46-,48-,49+,51+,52?,54-,55-,56?,57+,58-,60-,61+,65-/m1/s1. The zero-order valence-electron chi connectivity index (χ0n) is 51.3.